The Bertz CT molecular complexity index is 725. The summed E-state index contributed by atoms with van der Waals surface area (Å²) in [7, 11) is 0. The molecule has 0 radical (unpaired) electrons. The molecular formula is C17H14BrClO2. The highest BCUT2D eigenvalue weighted by Gasteiger charge is 2.20. The van der Waals surface area contributed by atoms with E-state index in [-0.39, 0.29) is 5.78 Å². The van der Waals surface area contributed by atoms with Crippen LogP contribution in [-0.4, -0.2) is 12.4 Å². The fraction of sp³-hybridized carbons (Fsp3) is 0.235. The largest absolute Gasteiger partial charge is 0.493 e. The van der Waals surface area contributed by atoms with Crippen molar-refractivity contribution < 1.29 is 9.53 Å². The fourth-order valence-electron chi connectivity index (χ4n) is 2.66. The molecule has 1 aliphatic heterocycles. The van der Waals surface area contributed by atoms with Gasteiger partial charge in [-0.05, 0) is 36.2 Å². The van der Waals surface area contributed by atoms with Gasteiger partial charge in [0, 0.05) is 33.5 Å². The molecule has 0 saturated carbocycles. The van der Waals surface area contributed by atoms with Gasteiger partial charge in [0.05, 0.1) is 6.61 Å². The van der Waals surface area contributed by atoms with Gasteiger partial charge in [-0.15, -0.1) is 0 Å². The summed E-state index contributed by atoms with van der Waals surface area (Å²) < 4.78 is 6.60. The standard InChI is InChI=1S/C17H14BrClO2/c1-10-14(3-2-4-15(10)18)16(20)9-12-8-13(19)7-11-5-6-21-17(11)12/h2-4,7-8H,5-6,9H2,1H3. The Morgan fingerprint density at radius 3 is 3.00 bits per heavy atom. The van der Waals surface area contributed by atoms with Gasteiger partial charge in [0.2, 0.25) is 0 Å². The molecule has 0 spiro atoms. The minimum absolute atomic E-state index is 0.0776. The number of Topliss-reactive ketones (excluding diaryl/α,β-unsaturated/α-hetero) is 1. The molecule has 0 N–H and O–H groups in total. The van der Waals surface area contributed by atoms with E-state index in [2.05, 4.69) is 15.9 Å². The molecule has 2 aromatic carbocycles. The molecule has 2 nitrogen and oxygen atoms in total. The van der Waals surface area contributed by atoms with Crippen LogP contribution < -0.4 is 4.74 Å². The molecule has 4 heteroatoms. The predicted octanol–water partition coefficient (Wildman–Crippen LogP) is 4.77. The summed E-state index contributed by atoms with van der Waals surface area (Å²) in [6, 6.07) is 9.42. The highest BCUT2D eigenvalue weighted by molar-refractivity contribution is 9.10. The first-order valence-electron chi connectivity index (χ1n) is 6.78. The summed E-state index contributed by atoms with van der Waals surface area (Å²) in [5, 5.41) is 0.660. The Labute approximate surface area is 137 Å². The van der Waals surface area contributed by atoms with Crippen LogP contribution in [0.15, 0.2) is 34.8 Å². The first-order chi connectivity index (χ1) is 10.1. The number of carbonyl (C=O) groups excluding carboxylic acids is 1. The zero-order valence-corrected chi connectivity index (χ0v) is 13.9. The fourth-order valence-corrected chi connectivity index (χ4v) is 3.28. The van der Waals surface area contributed by atoms with Crippen LogP contribution in [0.3, 0.4) is 0 Å². The van der Waals surface area contributed by atoms with Gasteiger partial charge in [0.1, 0.15) is 5.75 Å². The van der Waals surface area contributed by atoms with Crippen molar-refractivity contribution in [3.05, 3.63) is 62.1 Å². The first-order valence-corrected chi connectivity index (χ1v) is 7.96. The lowest BCUT2D eigenvalue weighted by atomic mass is 9.97. The molecule has 0 saturated heterocycles. The molecule has 0 unspecified atom stereocenters. The van der Waals surface area contributed by atoms with Gasteiger partial charge in [0.15, 0.2) is 5.78 Å². The van der Waals surface area contributed by atoms with E-state index in [1.807, 2.05) is 37.3 Å². The molecule has 108 valence electrons. The Morgan fingerprint density at radius 1 is 1.38 bits per heavy atom. The van der Waals surface area contributed by atoms with Crippen LogP contribution in [0.5, 0.6) is 5.75 Å². The smallest absolute Gasteiger partial charge is 0.167 e. The van der Waals surface area contributed by atoms with E-state index in [1.54, 1.807) is 0 Å². The Kier molecular flexibility index (Phi) is 4.05. The van der Waals surface area contributed by atoms with E-state index >= 15 is 0 Å². The Hall–Kier alpha value is -1.32. The molecule has 0 aromatic heterocycles. The molecule has 1 aliphatic rings. The zero-order chi connectivity index (χ0) is 15.0. The monoisotopic (exact) mass is 364 g/mol. The molecule has 0 aliphatic carbocycles. The average molecular weight is 366 g/mol. The number of hydrogen-bond donors (Lipinski definition) is 0. The molecule has 21 heavy (non-hydrogen) atoms. The van der Waals surface area contributed by atoms with Gasteiger partial charge >= 0.3 is 0 Å². The van der Waals surface area contributed by atoms with Crippen LogP contribution in [0.1, 0.15) is 27.0 Å². The number of halogens is 2. The second kappa shape index (κ2) is 5.82. The van der Waals surface area contributed by atoms with E-state index in [4.69, 9.17) is 16.3 Å². The van der Waals surface area contributed by atoms with Gasteiger partial charge in [-0.1, -0.05) is 39.7 Å². The third-order valence-corrected chi connectivity index (χ3v) is 4.82. The van der Waals surface area contributed by atoms with E-state index in [1.165, 1.54) is 0 Å². The highest BCUT2D eigenvalue weighted by Crippen LogP contribution is 2.34. The van der Waals surface area contributed by atoms with Crippen molar-refractivity contribution in [1.82, 2.24) is 0 Å². The van der Waals surface area contributed by atoms with Gasteiger partial charge < -0.3 is 4.74 Å². The third kappa shape index (κ3) is 2.85. The summed E-state index contributed by atoms with van der Waals surface area (Å²) >= 11 is 9.60. The lowest BCUT2D eigenvalue weighted by Gasteiger charge is -2.10. The lowest BCUT2D eigenvalue weighted by molar-refractivity contribution is 0.0991. The van der Waals surface area contributed by atoms with Crippen molar-refractivity contribution >= 4 is 33.3 Å². The van der Waals surface area contributed by atoms with Crippen molar-refractivity contribution in [2.45, 2.75) is 19.8 Å². The van der Waals surface area contributed by atoms with Crippen LogP contribution >= 0.6 is 27.5 Å². The van der Waals surface area contributed by atoms with Crippen molar-refractivity contribution in [2.75, 3.05) is 6.61 Å². The van der Waals surface area contributed by atoms with Crippen molar-refractivity contribution in [2.24, 2.45) is 0 Å². The summed E-state index contributed by atoms with van der Waals surface area (Å²) in [6.45, 7) is 2.60. The van der Waals surface area contributed by atoms with Crippen LogP contribution in [0.2, 0.25) is 5.02 Å². The number of ketones is 1. The maximum absolute atomic E-state index is 12.6. The molecule has 0 bridgehead atoms. The highest BCUT2D eigenvalue weighted by atomic mass is 79.9. The second-order valence-corrected chi connectivity index (χ2v) is 6.45. The summed E-state index contributed by atoms with van der Waals surface area (Å²) in [6.07, 6.45) is 1.16. The first kappa shape index (κ1) is 14.6. The quantitative estimate of drug-likeness (QED) is 0.732. The number of benzene rings is 2. The summed E-state index contributed by atoms with van der Waals surface area (Å²) in [5.41, 5.74) is 3.66. The Balaban J connectivity index is 1.94. The van der Waals surface area contributed by atoms with E-state index in [0.717, 1.165) is 38.9 Å². The molecular weight excluding hydrogens is 352 g/mol. The van der Waals surface area contributed by atoms with Gasteiger partial charge in [0.25, 0.3) is 0 Å². The molecule has 0 fully saturated rings. The van der Waals surface area contributed by atoms with Crippen LogP contribution in [0.25, 0.3) is 0 Å². The number of hydrogen-bond acceptors (Lipinski definition) is 2. The van der Waals surface area contributed by atoms with Crippen LogP contribution in [-0.2, 0) is 12.8 Å². The summed E-state index contributed by atoms with van der Waals surface area (Å²) in [5.74, 6) is 0.911. The molecule has 0 amide bonds. The van der Waals surface area contributed by atoms with Gasteiger partial charge in [-0.25, -0.2) is 0 Å². The minimum Gasteiger partial charge on any atom is -0.493 e. The predicted molar refractivity (Wildman–Crippen MR) is 87.6 cm³/mol. The van der Waals surface area contributed by atoms with E-state index in [0.29, 0.717) is 18.1 Å². The lowest BCUT2D eigenvalue weighted by Crippen LogP contribution is -2.07. The molecule has 1 heterocycles. The van der Waals surface area contributed by atoms with Crippen LogP contribution in [0, 0.1) is 6.92 Å². The number of rotatable bonds is 3. The molecule has 3 rings (SSSR count). The number of ether oxygens (including phenoxy) is 1. The molecule has 2 aromatic rings. The van der Waals surface area contributed by atoms with Gasteiger partial charge in [-0.3, -0.25) is 4.79 Å². The third-order valence-electron chi connectivity index (χ3n) is 3.74. The van der Waals surface area contributed by atoms with Crippen molar-refractivity contribution in [3.8, 4) is 5.75 Å². The maximum Gasteiger partial charge on any atom is 0.167 e. The normalized spacial score (nSPS) is 12.9. The van der Waals surface area contributed by atoms with Gasteiger partial charge in [-0.2, -0.15) is 0 Å². The Morgan fingerprint density at radius 2 is 2.19 bits per heavy atom. The van der Waals surface area contributed by atoms with E-state index < -0.39 is 0 Å². The minimum atomic E-state index is 0.0776. The topological polar surface area (TPSA) is 26.3 Å². The van der Waals surface area contributed by atoms with Crippen molar-refractivity contribution in [1.29, 1.82) is 0 Å². The van der Waals surface area contributed by atoms with E-state index in [9.17, 15) is 4.79 Å². The average Bonchev–Trinajstić information content (AvgIpc) is 2.90. The second-order valence-electron chi connectivity index (χ2n) is 5.16. The van der Waals surface area contributed by atoms with Crippen LogP contribution in [0.4, 0.5) is 0 Å². The number of fused-ring (bicyclic) bond motifs is 1. The number of carbonyl (C=O) groups is 1. The van der Waals surface area contributed by atoms with Crippen molar-refractivity contribution in [3.63, 3.8) is 0 Å². The molecule has 0 atom stereocenters. The zero-order valence-electron chi connectivity index (χ0n) is 11.6. The summed E-state index contributed by atoms with van der Waals surface area (Å²) in [4.78, 5) is 12.6. The maximum atomic E-state index is 12.6. The SMILES string of the molecule is Cc1c(Br)cccc1C(=O)Cc1cc(Cl)cc2c1OCC2.